The molecule has 9 nitrogen and oxygen atoms in total. The highest BCUT2D eigenvalue weighted by Crippen LogP contribution is 2.35. The van der Waals surface area contributed by atoms with Crippen molar-refractivity contribution in [1.29, 1.82) is 0 Å². The molecular weight excluding hydrogens is 502 g/mol. The fourth-order valence-electron chi connectivity index (χ4n) is 3.87. The number of nitrogens with zero attached hydrogens (tertiary/aromatic N) is 4. The van der Waals surface area contributed by atoms with Gasteiger partial charge in [0.15, 0.2) is 5.82 Å². The Kier molecular flexibility index (Phi) is 9.29. The first-order chi connectivity index (χ1) is 16.6. The van der Waals surface area contributed by atoms with E-state index in [0.29, 0.717) is 12.1 Å². The van der Waals surface area contributed by atoms with Crippen LogP contribution in [0.2, 0.25) is 0 Å². The number of rotatable bonds is 3. The van der Waals surface area contributed by atoms with Gasteiger partial charge in [0, 0.05) is 25.2 Å². The quantitative estimate of drug-likeness (QED) is 0.576. The van der Waals surface area contributed by atoms with Crippen LogP contribution in [0.25, 0.3) is 0 Å². The van der Waals surface area contributed by atoms with Crippen molar-refractivity contribution in [2.45, 2.75) is 57.7 Å². The van der Waals surface area contributed by atoms with Crippen LogP contribution in [-0.2, 0) is 16.1 Å². The number of hydrogen-bond donors (Lipinski definition) is 2. The molecule has 36 heavy (non-hydrogen) atoms. The third kappa shape index (κ3) is 8.10. The lowest BCUT2D eigenvalue weighted by atomic mass is 10.1. The molecule has 0 saturated carbocycles. The lowest BCUT2D eigenvalue weighted by Crippen LogP contribution is -2.36. The number of furan rings is 1. The Morgan fingerprint density at radius 2 is 1.47 bits per heavy atom. The summed E-state index contributed by atoms with van der Waals surface area (Å²) < 4.78 is 69.2. The standard InChI is InChI=1S/C17H22N4O.2C2HF3O2/c1-12-3-6-17(19-18-12)21-10-8-15-16(21)7-9-20(15)11-14-5-4-13(2)22-14;2*3-2(4,5)1(6)7/h3-6,15-16H,7-11H2,1-2H3;2*(H,6,7)/t15-,16+;;/m1../s1. The van der Waals surface area contributed by atoms with Gasteiger partial charge in [-0.1, -0.05) is 0 Å². The number of aryl methyl sites for hydroxylation is 2. The molecule has 0 aromatic carbocycles. The van der Waals surface area contributed by atoms with Crippen molar-refractivity contribution in [2.24, 2.45) is 0 Å². The van der Waals surface area contributed by atoms with E-state index in [9.17, 15) is 26.3 Å². The number of alkyl halides is 6. The molecule has 0 radical (unpaired) electrons. The van der Waals surface area contributed by atoms with Gasteiger partial charge in [-0.3, -0.25) is 4.90 Å². The van der Waals surface area contributed by atoms with Crippen LogP contribution in [0.15, 0.2) is 28.7 Å². The van der Waals surface area contributed by atoms with E-state index < -0.39 is 24.3 Å². The molecule has 200 valence electrons. The van der Waals surface area contributed by atoms with Gasteiger partial charge >= 0.3 is 24.3 Å². The fourth-order valence-corrected chi connectivity index (χ4v) is 3.87. The number of carbonyl (C=O) groups is 2. The van der Waals surface area contributed by atoms with Crippen molar-refractivity contribution in [3.63, 3.8) is 0 Å². The van der Waals surface area contributed by atoms with Crippen molar-refractivity contribution < 1.29 is 50.6 Å². The molecule has 15 heteroatoms. The summed E-state index contributed by atoms with van der Waals surface area (Å²) in [6, 6.07) is 9.46. The first-order valence-corrected chi connectivity index (χ1v) is 10.6. The lowest BCUT2D eigenvalue weighted by molar-refractivity contribution is -0.193. The zero-order chi connectivity index (χ0) is 27.3. The number of aromatic nitrogens is 2. The Hall–Kier alpha value is -3.36. The van der Waals surface area contributed by atoms with Gasteiger partial charge in [-0.2, -0.15) is 31.4 Å². The van der Waals surface area contributed by atoms with Crippen LogP contribution in [0, 0.1) is 13.8 Å². The van der Waals surface area contributed by atoms with Crippen LogP contribution in [0.5, 0.6) is 0 Å². The van der Waals surface area contributed by atoms with Gasteiger partial charge in [0.05, 0.1) is 12.2 Å². The van der Waals surface area contributed by atoms with Gasteiger partial charge in [0.1, 0.15) is 11.5 Å². The van der Waals surface area contributed by atoms with Gasteiger partial charge < -0.3 is 19.5 Å². The van der Waals surface area contributed by atoms with Crippen molar-refractivity contribution in [1.82, 2.24) is 15.1 Å². The van der Waals surface area contributed by atoms with Gasteiger partial charge in [-0.15, -0.1) is 5.10 Å². The van der Waals surface area contributed by atoms with Gasteiger partial charge in [0.25, 0.3) is 0 Å². The van der Waals surface area contributed by atoms with Crippen LogP contribution in [0.3, 0.4) is 0 Å². The third-order valence-corrected chi connectivity index (χ3v) is 5.41. The molecule has 2 aliphatic heterocycles. The molecule has 2 N–H and O–H groups in total. The van der Waals surface area contributed by atoms with Crippen LogP contribution < -0.4 is 4.90 Å². The number of hydrogen-bond acceptors (Lipinski definition) is 7. The van der Waals surface area contributed by atoms with Crippen LogP contribution in [0.4, 0.5) is 32.2 Å². The summed E-state index contributed by atoms with van der Waals surface area (Å²) in [4.78, 5) is 22.8. The zero-order valence-electron chi connectivity index (χ0n) is 19.2. The maximum absolute atomic E-state index is 10.6. The van der Waals surface area contributed by atoms with Crippen LogP contribution in [-0.4, -0.2) is 74.8 Å². The molecule has 2 atom stereocenters. The predicted molar refractivity (Wildman–Crippen MR) is 112 cm³/mol. The Morgan fingerprint density at radius 3 is 1.92 bits per heavy atom. The Balaban J connectivity index is 0.000000271. The van der Waals surface area contributed by atoms with Gasteiger partial charge in [-0.25, -0.2) is 9.59 Å². The summed E-state index contributed by atoms with van der Waals surface area (Å²) in [7, 11) is 0. The van der Waals surface area contributed by atoms with Crippen molar-refractivity contribution >= 4 is 17.8 Å². The Bertz CT molecular complexity index is 1000. The van der Waals surface area contributed by atoms with Crippen molar-refractivity contribution in [3.05, 3.63) is 41.5 Å². The van der Waals surface area contributed by atoms with E-state index in [4.69, 9.17) is 24.2 Å². The number of carboxylic acids is 2. The van der Waals surface area contributed by atoms with E-state index in [-0.39, 0.29) is 0 Å². The topological polar surface area (TPSA) is 120 Å². The molecule has 4 heterocycles. The molecule has 0 amide bonds. The molecule has 2 aliphatic rings. The first kappa shape index (κ1) is 28.9. The van der Waals surface area contributed by atoms with E-state index >= 15 is 0 Å². The minimum Gasteiger partial charge on any atom is -0.475 e. The Labute approximate surface area is 201 Å². The fraction of sp³-hybridized carbons (Fsp3) is 0.524. The second kappa shape index (κ2) is 11.6. The highest BCUT2D eigenvalue weighted by atomic mass is 19.4. The van der Waals surface area contributed by atoms with E-state index in [1.807, 2.05) is 26.0 Å². The molecule has 4 rings (SSSR count). The number of carboxylic acid groups (broad SMARTS) is 2. The highest BCUT2D eigenvalue weighted by Gasteiger charge is 2.43. The van der Waals surface area contributed by atoms with Crippen molar-refractivity contribution in [3.8, 4) is 0 Å². The maximum Gasteiger partial charge on any atom is 0.490 e. The highest BCUT2D eigenvalue weighted by molar-refractivity contribution is 5.73. The molecule has 0 bridgehead atoms. The molecule has 2 saturated heterocycles. The molecule has 2 aromatic rings. The minimum absolute atomic E-state index is 0.563. The van der Waals surface area contributed by atoms with E-state index in [0.717, 1.165) is 42.7 Å². The SMILES string of the molecule is Cc1ccc(N2CC[C@@H]3[C@@H]2CCN3Cc2ccc(C)o2)nn1.O=C(O)C(F)(F)F.O=C(O)C(F)(F)F. The van der Waals surface area contributed by atoms with Crippen LogP contribution in [0.1, 0.15) is 30.1 Å². The van der Waals surface area contributed by atoms with Crippen molar-refractivity contribution in [2.75, 3.05) is 18.0 Å². The number of aliphatic carboxylic acids is 2. The van der Waals surface area contributed by atoms with Crippen LogP contribution >= 0.6 is 0 Å². The molecule has 0 unspecified atom stereocenters. The zero-order valence-corrected chi connectivity index (χ0v) is 19.2. The second-order valence-corrected chi connectivity index (χ2v) is 8.03. The monoisotopic (exact) mass is 526 g/mol. The summed E-state index contributed by atoms with van der Waals surface area (Å²) in [5.74, 6) is -2.42. The average Bonchev–Trinajstić information content (AvgIpc) is 3.46. The number of anilines is 1. The summed E-state index contributed by atoms with van der Waals surface area (Å²) in [5.41, 5.74) is 0.973. The van der Waals surface area contributed by atoms with E-state index in [1.165, 1.54) is 12.8 Å². The van der Waals surface area contributed by atoms with E-state index in [2.05, 4.69) is 32.1 Å². The normalized spacial score (nSPS) is 19.6. The predicted octanol–water partition coefficient (Wildman–Crippen LogP) is 3.81. The number of likely N-dealkylation sites (tertiary alicyclic amines) is 1. The van der Waals surface area contributed by atoms with Gasteiger partial charge in [0.2, 0.25) is 0 Å². The molecular formula is C21H24F6N4O5. The first-order valence-electron chi connectivity index (χ1n) is 10.6. The largest absolute Gasteiger partial charge is 0.490 e. The molecule has 2 fully saturated rings. The molecule has 0 aliphatic carbocycles. The lowest BCUT2D eigenvalue weighted by Gasteiger charge is -2.25. The second-order valence-electron chi connectivity index (χ2n) is 8.03. The van der Waals surface area contributed by atoms with E-state index in [1.54, 1.807) is 0 Å². The molecule has 0 spiro atoms. The van der Waals surface area contributed by atoms with Gasteiger partial charge in [-0.05, 0) is 51.0 Å². The smallest absolute Gasteiger partial charge is 0.475 e. The third-order valence-electron chi connectivity index (χ3n) is 5.41. The molecule has 2 aromatic heterocycles. The summed E-state index contributed by atoms with van der Waals surface area (Å²) in [6.45, 7) is 7.10. The Morgan fingerprint density at radius 1 is 0.917 bits per heavy atom. The number of fused-ring (bicyclic) bond motifs is 1. The number of halogens is 6. The minimum atomic E-state index is -5.08. The summed E-state index contributed by atoms with van der Waals surface area (Å²) in [5, 5.41) is 22.8. The maximum atomic E-state index is 10.6. The summed E-state index contributed by atoms with van der Waals surface area (Å²) >= 11 is 0. The average molecular weight is 526 g/mol. The summed E-state index contributed by atoms with van der Waals surface area (Å²) in [6.07, 6.45) is -7.78.